The Labute approximate surface area is 145 Å². The number of pyridine rings is 1. The highest BCUT2D eigenvalue weighted by atomic mass is 16.2. The second-order valence-electron chi connectivity index (χ2n) is 6.07. The van der Waals surface area contributed by atoms with E-state index in [0.29, 0.717) is 13.1 Å². The van der Waals surface area contributed by atoms with Gasteiger partial charge in [-0.3, -0.25) is 4.90 Å². The van der Waals surface area contributed by atoms with Gasteiger partial charge in [0, 0.05) is 18.8 Å². The van der Waals surface area contributed by atoms with Gasteiger partial charge >= 0.3 is 6.03 Å². The third-order valence-electron chi connectivity index (χ3n) is 4.46. The quantitative estimate of drug-likeness (QED) is 0.760. The van der Waals surface area contributed by atoms with Crippen molar-refractivity contribution in [3.05, 3.63) is 42.6 Å². The smallest absolute Gasteiger partial charge is 0.317 e. The van der Waals surface area contributed by atoms with Crippen LogP contribution >= 0.6 is 0 Å². The average molecular weight is 338 g/mol. The van der Waals surface area contributed by atoms with E-state index >= 15 is 0 Å². The minimum atomic E-state index is -0.0834. The van der Waals surface area contributed by atoms with Crippen molar-refractivity contribution < 1.29 is 9.78 Å². The van der Waals surface area contributed by atoms with E-state index in [2.05, 4.69) is 25.5 Å². The lowest BCUT2D eigenvalue weighted by Gasteiger charge is -2.30. The molecule has 0 saturated carbocycles. The van der Waals surface area contributed by atoms with E-state index < -0.39 is 0 Å². The maximum absolute atomic E-state index is 12.5. The van der Waals surface area contributed by atoms with Crippen LogP contribution in [0, 0.1) is 0 Å². The molecule has 1 fully saturated rings. The maximum Gasteiger partial charge on any atom is 0.322 e. The van der Waals surface area contributed by atoms with Gasteiger partial charge in [0.15, 0.2) is 0 Å². The highest BCUT2D eigenvalue weighted by Crippen LogP contribution is 2.17. The molecule has 25 heavy (non-hydrogen) atoms. The third-order valence-corrected chi connectivity index (χ3v) is 4.46. The van der Waals surface area contributed by atoms with Crippen molar-refractivity contribution in [2.45, 2.75) is 0 Å². The SMILES string of the molecule is Cn1nnc2cc(NC(=O)N3CCN(c4cccc[nH+]4)CC3)ccc21. The molecule has 0 bridgehead atoms. The summed E-state index contributed by atoms with van der Waals surface area (Å²) in [4.78, 5) is 19.8. The number of carbonyl (C=O) groups is 1. The summed E-state index contributed by atoms with van der Waals surface area (Å²) in [6.07, 6.45) is 1.91. The van der Waals surface area contributed by atoms with Gasteiger partial charge in [0.1, 0.15) is 18.6 Å². The molecule has 8 heteroatoms. The summed E-state index contributed by atoms with van der Waals surface area (Å²) in [5.74, 6) is 1.08. The first-order valence-corrected chi connectivity index (χ1v) is 8.28. The number of amides is 2. The van der Waals surface area contributed by atoms with Gasteiger partial charge in [-0.05, 0) is 24.3 Å². The largest absolute Gasteiger partial charge is 0.322 e. The first-order chi connectivity index (χ1) is 12.2. The lowest BCUT2D eigenvalue weighted by atomic mass is 10.2. The minimum absolute atomic E-state index is 0.0834. The first-order valence-electron chi connectivity index (χ1n) is 8.28. The number of nitrogens with zero attached hydrogens (tertiary/aromatic N) is 5. The third kappa shape index (κ3) is 3.10. The monoisotopic (exact) mass is 338 g/mol. The Morgan fingerprint density at radius 3 is 2.76 bits per heavy atom. The van der Waals surface area contributed by atoms with Gasteiger partial charge in [0.05, 0.1) is 24.8 Å². The van der Waals surface area contributed by atoms with E-state index in [1.165, 1.54) is 0 Å². The Hall–Kier alpha value is -3.16. The molecule has 0 spiro atoms. The van der Waals surface area contributed by atoms with Crippen LogP contribution in [0.4, 0.5) is 16.3 Å². The Kier molecular flexibility index (Phi) is 3.93. The second-order valence-corrected chi connectivity index (χ2v) is 6.07. The number of aromatic nitrogens is 4. The number of anilines is 2. The number of benzene rings is 1. The fourth-order valence-electron chi connectivity index (χ4n) is 3.05. The van der Waals surface area contributed by atoms with Crippen LogP contribution < -0.4 is 15.2 Å². The van der Waals surface area contributed by atoms with Gasteiger partial charge in [0.2, 0.25) is 0 Å². The van der Waals surface area contributed by atoms with Gasteiger partial charge < -0.3 is 10.2 Å². The molecule has 3 heterocycles. The van der Waals surface area contributed by atoms with E-state index in [0.717, 1.165) is 35.6 Å². The number of urea groups is 1. The van der Waals surface area contributed by atoms with Gasteiger partial charge in [-0.1, -0.05) is 11.3 Å². The highest BCUT2D eigenvalue weighted by molar-refractivity contribution is 5.92. The van der Waals surface area contributed by atoms with Crippen LogP contribution in [0.2, 0.25) is 0 Å². The van der Waals surface area contributed by atoms with E-state index in [-0.39, 0.29) is 6.03 Å². The van der Waals surface area contributed by atoms with E-state index in [9.17, 15) is 4.79 Å². The average Bonchev–Trinajstić information content (AvgIpc) is 3.03. The Bertz CT molecular complexity index is 884. The number of H-pyrrole nitrogens is 1. The lowest BCUT2D eigenvalue weighted by molar-refractivity contribution is -0.364. The molecule has 0 unspecified atom stereocenters. The van der Waals surface area contributed by atoms with Gasteiger partial charge in [-0.2, -0.15) is 0 Å². The summed E-state index contributed by atoms with van der Waals surface area (Å²) in [5.41, 5.74) is 2.44. The van der Waals surface area contributed by atoms with Crippen LogP contribution in [0.1, 0.15) is 0 Å². The Balaban J connectivity index is 1.38. The normalized spacial score (nSPS) is 14.8. The maximum atomic E-state index is 12.5. The molecule has 1 saturated heterocycles. The first kappa shape index (κ1) is 15.4. The summed E-state index contributed by atoms with van der Waals surface area (Å²) < 4.78 is 1.71. The van der Waals surface area contributed by atoms with Crippen LogP contribution in [0.3, 0.4) is 0 Å². The zero-order chi connectivity index (χ0) is 17.2. The highest BCUT2D eigenvalue weighted by Gasteiger charge is 2.26. The van der Waals surface area contributed by atoms with Crippen molar-refractivity contribution in [1.82, 2.24) is 19.9 Å². The Morgan fingerprint density at radius 2 is 2.00 bits per heavy atom. The number of rotatable bonds is 2. The second kappa shape index (κ2) is 6.39. The predicted octanol–water partition coefficient (Wildman–Crippen LogP) is 1.14. The number of hydrogen-bond donors (Lipinski definition) is 1. The number of carbonyl (C=O) groups excluding carboxylic acids is 1. The number of hydrogen-bond acceptors (Lipinski definition) is 4. The molecule has 2 aromatic heterocycles. The molecular formula is C17H20N7O+. The minimum Gasteiger partial charge on any atom is -0.317 e. The molecule has 3 aromatic rings. The lowest BCUT2D eigenvalue weighted by Crippen LogP contribution is -2.51. The van der Waals surface area contributed by atoms with Crippen LogP contribution in [-0.2, 0) is 7.05 Å². The summed E-state index contributed by atoms with van der Waals surface area (Å²) in [5, 5.41) is 11.0. The zero-order valence-electron chi connectivity index (χ0n) is 14.0. The number of piperazine rings is 1. The predicted molar refractivity (Wildman–Crippen MR) is 94.3 cm³/mol. The van der Waals surface area contributed by atoms with Gasteiger partial charge in [0.25, 0.3) is 5.82 Å². The van der Waals surface area contributed by atoms with Crippen molar-refractivity contribution >= 4 is 28.6 Å². The van der Waals surface area contributed by atoms with Crippen LogP contribution in [0.25, 0.3) is 11.0 Å². The molecule has 2 amide bonds. The molecule has 128 valence electrons. The van der Waals surface area contributed by atoms with Crippen molar-refractivity contribution in [2.75, 3.05) is 36.4 Å². The van der Waals surface area contributed by atoms with E-state index in [4.69, 9.17) is 0 Å². The van der Waals surface area contributed by atoms with E-state index in [1.54, 1.807) is 4.68 Å². The number of aryl methyl sites for hydroxylation is 1. The molecule has 1 aliphatic heterocycles. The Morgan fingerprint density at radius 1 is 1.16 bits per heavy atom. The molecular weight excluding hydrogens is 318 g/mol. The topological polar surface area (TPSA) is 80.4 Å². The molecule has 0 aliphatic carbocycles. The van der Waals surface area contributed by atoms with Crippen molar-refractivity contribution in [3.8, 4) is 0 Å². The fraction of sp³-hybridized carbons (Fsp3) is 0.294. The zero-order valence-corrected chi connectivity index (χ0v) is 14.0. The summed E-state index contributed by atoms with van der Waals surface area (Å²) in [7, 11) is 1.84. The van der Waals surface area contributed by atoms with Crippen molar-refractivity contribution in [3.63, 3.8) is 0 Å². The van der Waals surface area contributed by atoms with Crippen LogP contribution in [0.5, 0.6) is 0 Å². The molecule has 0 atom stereocenters. The van der Waals surface area contributed by atoms with Crippen LogP contribution in [-0.4, -0.2) is 52.1 Å². The summed E-state index contributed by atoms with van der Waals surface area (Å²) in [6, 6.07) is 11.6. The molecule has 1 aliphatic rings. The number of fused-ring (bicyclic) bond motifs is 1. The van der Waals surface area contributed by atoms with Crippen molar-refractivity contribution in [1.29, 1.82) is 0 Å². The number of aromatic amines is 1. The van der Waals surface area contributed by atoms with Gasteiger partial charge in [-0.15, -0.1) is 5.10 Å². The molecule has 4 rings (SSSR count). The molecule has 0 radical (unpaired) electrons. The summed E-state index contributed by atoms with van der Waals surface area (Å²) >= 11 is 0. The summed E-state index contributed by atoms with van der Waals surface area (Å²) in [6.45, 7) is 2.97. The fourth-order valence-corrected chi connectivity index (χ4v) is 3.05. The molecule has 8 nitrogen and oxygen atoms in total. The van der Waals surface area contributed by atoms with Crippen LogP contribution in [0.15, 0.2) is 42.6 Å². The molecule has 2 N–H and O–H groups in total. The van der Waals surface area contributed by atoms with E-state index in [1.807, 2.05) is 54.5 Å². The standard InChI is InChI=1S/C17H19N7O/c1-22-15-6-5-13(12-14(15)20-21-22)19-17(25)24-10-8-23(9-11-24)16-4-2-3-7-18-16/h2-7,12H,8-11H2,1H3,(H,19,25)/p+1. The van der Waals surface area contributed by atoms with Crippen molar-refractivity contribution in [2.24, 2.45) is 7.05 Å². The number of nitrogens with one attached hydrogen (secondary N) is 2. The van der Waals surface area contributed by atoms with Gasteiger partial charge in [-0.25, -0.2) is 14.5 Å². The molecule has 1 aromatic carbocycles.